The Morgan fingerprint density at radius 2 is 2.00 bits per heavy atom. The van der Waals surface area contributed by atoms with Gasteiger partial charge in [-0.2, -0.15) is 13.2 Å². The van der Waals surface area contributed by atoms with E-state index in [9.17, 15) is 22.4 Å². The molecule has 7 heteroatoms. The van der Waals surface area contributed by atoms with Crippen LogP contribution in [0, 0.1) is 5.92 Å². The molecule has 24 heavy (non-hydrogen) atoms. The molecule has 0 spiro atoms. The maximum absolute atomic E-state index is 13.8. The van der Waals surface area contributed by atoms with Gasteiger partial charge in [-0.05, 0) is 42.1 Å². The van der Waals surface area contributed by atoms with Crippen molar-refractivity contribution in [3.63, 3.8) is 0 Å². The second kappa shape index (κ2) is 6.02. The van der Waals surface area contributed by atoms with Gasteiger partial charge < -0.3 is 4.90 Å². The maximum atomic E-state index is 13.8. The quantitative estimate of drug-likeness (QED) is 0.767. The summed E-state index contributed by atoms with van der Waals surface area (Å²) in [6.07, 6.45) is -4.80. The van der Waals surface area contributed by atoms with E-state index in [4.69, 9.17) is 0 Å². The molecule has 2 aliphatic rings. The van der Waals surface area contributed by atoms with Crippen LogP contribution >= 0.6 is 0 Å². The molecule has 3 nitrogen and oxygen atoms in total. The van der Waals surface area contributed by atoms with E-state index in [0.29, 0.717) is 18.5 Å². The summed E-state index contributed by atoms with van der Waals surface area (Å²) in [5, 5.41) is 0. The van der Waals surface area contributed by atoms with Crippen molar-refractivity contribution < 1.29 is 22.4 Å². The summed E-state index contributed by atoms with van der Waals surface area (Å²) in [5.74, 6) is -0.421. The number of carbonyl (C=O) groups is 1. The molecule has 0 N–H and O–H groups in total. The first-order valence-electron chi connectivity index (χ1n) is 8.01. The van der Waals surface area contributed by atoms with Crippen molar-refractivity contribution >= 4 is 5.91 Å². The van der Waals surface area contributed by atoms with Gasteiger partial charge in [0.1, 0.15) is 6.17 Å². The van der Waals surface area contributed by atoms with Crippen molar-refractivity contribution in [2.24, 2.45) is 5.92 Å². The Hall–Kier alpha value is -1.63. The van der Waals surface area contributed by atoms with Crippen LogP contribution in [-0.4, -0.2) is 42.0 Å². The lowest BCUT2D eigenvalue weighted by atomic mass is 9.95. The normalized spacial score (nSPS) is 25.2. The number of hydrogen-bond donors (Lipinski definition) is 0. The highest BCUT2D eigenvalue weighted by atomic mass is 19.4. The van der Waals surface area contributed by atoms with E-state index in [-0.39, 0.29) is 36.7 Å². The Kier molecular flexibility index (Phi) is 4.32. The third-order valence-electron chi connectivity index (χ3n) is 4.94. The Morgan fingerprint density at radius 1 is 1.29 bits per heavy atom. The zero-order valence-electron chi connectivity index (χ0n) is 13.7. The van der Waals surface area contributed by atoms with E-state index in [1.54, 1.807) is 0 Å². The van der Waals surface area contributed by atoms with Crippen LogP contribution in [-0.2, 0) is 19.3 Å². The van der Waals surface area contributed by atoms with Crippen molar-refractivity contribution in [3.05, 3.63) is 34.4 Å². The van der Waals surface area contributed by atoms with Gasteiger partial charge in [0.05, 0.1) is 5.56 Å². The molecule has 2 aliphatic heterocycles. The molecule has 2 unspecified atom stereocenters. The Bertz CT molecular complexity index is 659. The second-order valence-corrected chi connectivity index (χ2v) is 6.85. The Morgan fingerprint density at radius 3 is 2.62 bits per heavy atom. The van der Waals surface area contributed by atoms with Crippen molar-refractivity contribution in [3.8, 4) is 0 Å². The first-order valence-corrected chi connectivity index (χ1v) is 8.01. The van der Waals surface area contributed by atoms with E-state index in [1.807, 2.05) is 11.8 Å². The van der Waals surface area contributed by atoms with Crippen LogP contribution < -0.4 is 0 Å². The molecule has 1 aromatic rings. The molecule has 0 radical (unpaired) electrons. The minimum atomic E-state index is -4.51. The topological polar surface area (TPSA) is 23.6 Å². The highest BCUT2D eigenvalue weighted by Crippen LogP contribution is 2.38. The van der Waals surface area contributed by atoms with Crippen LogP contribution in [0.5, 0.6) is 0 Å². The fourth-order valence-corrected chi connectivity index (χ4v) is 3.44. The molecule has 1 amide bonds. The number of alkyl halides is 4. The van der Waals surface area contributed by atoms with Crippen LogP contribution in [0.15, 0.2) is 12.1 Å². The maximum Gasteiger partial charge on any atom is 0.416 e. The van der Waals surface area contributed by atoms with Crippen molar-refractivity contribution in [1.29, 1.82) is 0 Å². The highest BCUT2D eigenvalue weighted by Gasteiger charge is 2.39. The molecule has 132 valence electrons. The number of likely N-dealkylation sites (tertiary alicyclic amines) is 1. The molecule has 0 aromatic heterocycles. The van der Waals surface area contributed by atoms with Gasteiger partial charge in [-0.15, -0.1) is 0 Å². The number of rotatable bonds is 2. The predicted octanol–water partition coefficient (Wildman–Crippen LogP) is 3.47. The number of amides is 1. The third kappa shape index (κ3) is 3.14. The number of benzene rings is 1. The van der Waals surface area contributed by atoms with Gasteiger partial charge in [0.15, 0.2) is 0 Å². The summed E-state index contributed by atoms with van der Waals surface area (Å²) in [4.78, 5) is 15.2. The minimum absolute atomic E-state index is 0.0257. The molecule has 0 saturated carbocycles. The number of piperidine rings is 1. The van der Waals surface area contributed by atoms with E-state index in [0.717, 1.165) is 6.07 Å². The van der Waals surface area contributed by atoms with Crippen LogP contribution in [0.3, 0.4) is 0 Å². The van der Waals surface area contributed by atoms with Gasteiger partial charge in [-0.1, -0.05) is 6.92 Å². The molecule has 1 saturated heterocycles. The van der Waals surface area contributed by atoms with Crippen molar-refractivity contribution in [1.82, 2.24) is 9.80 Å². The molecular formula is C17H20F4N2O. The van der Waals surface area contributed by atoms with E-state index < -0.39 is 23.8 Å². The first kappa shape index (κ1) is 17.2. The molecule has 3 rings (SSSR count). The van der Waals surface area contributed by atoms with Crippen molar-refractivity contribution in [2.45, 2.75) is 38.8 Å². The summed E-state index contributed by atoms with van der Waals surface area (Å²) in [5.41, 5.74) is -0.194. The smallest absolute Gasteiger partial charge is 0.337 e. The molecule has 2 heterocycles. The molecule has 0 bridgehead atoms. The van der Waals surface area contributed by atoms with E-state index in [2.05, 4.69) is 0 Å². The molecule has 1 fully saturated rings. The molecule has 2 atom stereocenters. The number of halogens is 4. The van der Waals surface area contributed by atoms with E-state index >= 15 is 0 Å². The summed E-state index contributed by atoms with van der Waals surface area (Å²) in [6.45, 7) is 2.90. The number of hydrogen-bond acceptors (Lipinski definition) is 2. The van der Waals surface area contributed by atoms with Gasteiger partial charge in [0.2, 0.25) is 0 Å². The summed E-state index contributed by atoms with van der Waals surface area (Å²) in [7, 11) is 1.49. The molecule has 0 aliphatic carbocycles. The van der Waals surface area contributed by atoms with Gasteiger partial charge in [0, 0.05) is 32.2 Å². The molecular weight excluding hydrogens is 324 g/mol. The zero-order chi connectivity index (χ0) is 17.6. The van der Waals surface area contributed by atoms with Gasteiger partial charge in [0.25, 0.3) is 5.91 Å². The number of nitrogens with zero attached hydrogens (tertiary/aromatic N) is 2. The fraction of sp³-hybridized carbons (Fsp3) is 0.588. The van der Waals surface area contributed by atoms with Crippen LogP contribution in [0.25, 0.3) is 0 Å². The monoisotopic (exact) mass is 344 g/mol. The summed E-state index contributed by atoms with van der Waals surface area (Å²) < 4.78 is 53.9. The molecule has 1 aromatic carbocycles. The SMILES string of the molecule is CC1CCN(Cc2cc3c(c(C(F)(F)F)c2)CN(C)C3=O)CC1F. The van der Waals surface area contributed by atoms with Crippen LogP contribution in [0.1, 0.15) is 40.4 Å². The van der Waals surface area contributed by atoms with Gasteiger partial charge in [-0.3, -0.25) is 9.69 Å². The Labute approximate surface area is 138 Å². The lowest BCUT2D eigenvalue weighted by Gasteiger charge is -2.33. The standard InChI is InChI=1S/C17H20F4N2O/c1-10-3-4-23(9-15(10)18)7-11-5-12-13(8-22(2)16(12)24)14(6-11)17(19,20)21/h5-6,10,15H,3-4,7-9H2,1-2H3. The summed E-state index contributed by atoms with van der Waals surface area (Å²) in [6, 6.07) is 2.64. The Balaban J connectivity index is 1.91. The average molecular weight is 344 g/mol. The van der Waals surface area contributed by atoms with Gasteiger partial charge in [-0.25, -0.2) is 4.39 Å². The number of carbonyl (C=O) groups excluding carboxylic acids is 1. The van der Waals surface area contributed by atoms with Crippen LogP contribution in [0.4, 0.5) is 17.6 Å². The lowest BCUT2D eigenvalue weighted by Crippen LogP contribution is -2.40. The minimum Gasteiger partial charge on any atom is -0.337 e. The van der Waals surface area contributed by atoms with Gasteiger partial charge >= 0.3 is 6.18 Å². The first-order chi connectivity index (χ1) is 11.2. The summed E-state index contributed by atoms with van der Waals surface area (Å²) >= 11 is 0. The zero-order valence-corrected chi connectivity index (χ0v) is 13.7. The second-order valence-electron chi connectivity index (χ2n) is 6.85. The van der Waals surface area contributed by atoms with Crippen molar-refractivity contribution in [2.75, 3.05) is 20.1 Å². The van der Waals surface area contributed by atoms with Crippen LogP contribution in [0.2, 0.25) is 0 Å². The number of fused-ring (bicyclic) bond motifs is 1. The average Bonchev–Trinajstić information content (AvgIpc) is 2.77. The van der Waals surface area contributed by atoms with E-state index in [1.165, 1.54) is 18.0 Å². The fourth-order valence-electron chi connectivity index (χ4n) is 3.44. The predicted molar refractivity (Wildman–Crippen MR) is 81.2 cm³/mol. The third-order valence-corrected chi connectivity index (χ3v) is 4.94. The largest absolute Gasteiger partial charge is 0.416 e. The lowest BCUT2D eigenvalue weighted by molar-refractivity contribution is -0.138. The highest BCUT2D eigenvalue weighted by molar-refractivity contribution is 5.98.